The van der Waals surface area contributed by atoms with Gasteiger partial charge in [0, 0.05) is 24.6 Å². The molecule has 0 saturated carbocycles. The van der Waals surface area contributed by atoms with Crippen LogP contribution in [0, 0.1) is 0 Å². The Balaban J connectivity index is 1.58. The topological polar surface area (TPSA) is 73.6 Å². The molecule has 3 aromatic rings. The van der Waals surface area contributed by atoms with E-state index in [-0.39, 0.29) is 0 Å². The molecule has 1 aliphatic rings. The first-order valence-corrected chi connectivity index (χ1v) is 8.02. The molecule has 124 valence electrons. The van der Waals surface area contributed by atoms with Gasteiger partial charge >= 0.3 is 0 Å². The van der Waals surface area contributed by atoms with Crippen LogP contribution < -0.4 is 5.32 Å². The highest BCUT2D eigenvalue weighted by Crippen LogP contribution is 2.24. The second kappa shape index (κ2) is 6.18. The van der Waals surface area contributed by atoms with Gasteiger partial charge in [-0.1, -0.05) is 30.3 Å². The smallest absolute Gasteiger partial charge is 0.254 e. The Morgan fingerprint density at radius 2 is 2.00 bits per heavy atom. The normalized spacial score (nSPS) is 16.5. The van der Waals surface area contributed by atoms with Gasteiger partial charge in [0.15, 0.2) is 5.79 Å². The quantitative estimate of drug-likeness (QED) is 0.776. The summed E-state index contributed by atoms with van der Waals surface area (Å²) >= 11 is 0. The van der Waals surface area contributed by atoms with Crippen LogP contribution in [0.1, 0.15) is 13.3 Å². The van der Waals surface area contributed by atoms with Gasteiger partial charge in [-0.25, -0.2) is 4.98 Å². The number of benzene rings is 1. The molecule has 0 unspecified atom stereocenters. The average Bonchev–Trinajstić information content (AvgIpc) is 3.25. The molecule has 1 N–H and O–H groups in total. The third-order valence-electron chi connectivity index (χ3n) is 4.10. The molecule has 7 heteroatoms. The van der Waals surface area contributed by atoms with Gasteiger partial charge in [-0.15, -0.1) is 0 Å². The Hall–Kier alpha value is -2.51. The largest absolute Gasteiger partial charge is 0.370 e. The Bertz CT molecular complexity index is 827. The third-order valence-corrected chi connectivity index (χ3v) is 4.10. The van der Waals surface area contributed by atoms with Crippen LogP contribution in [0.3, 0.4) is 0 Å². The van der Waals surface area contributed by atoms with Crippen molar-refractivity contribution in [3.8, 4) is 11.3 Å². The number of fused-ring (bicyclic) bond motifs is 1. The zero-order chi connectivity index (χ0) is 16.4. The zero-order valence-electron chi connectivity index (χ0n) is 13.5. The SMILES string of the molecule is CC1(CCNc2cc(-c3ccccc3)nc3ncnn23)OCCO1. The number of nitrogens with zero attached hydrogens (tertiary/aromatic N) is 4. The van der Waals surface area contributed by atoms with Crippen molar-refractivity contribution in [2.75, 3.05) is 25.1 Å². The summed E-state index contributed by atoms with van der Waals surface area (Å²) in [4.78, 5) is 8.78. The second-order valence-electron chi connectivity index (χ2n) is 5.87. The Morgan fingerprint density at radius 3 is 2.79 bits per heavy atom. The molecule has 2 aromatic heterocycles. The van der Waals surface area contributed by atoms with Crippen LogP contribution in [0.2, 0.25) is 0 Å². The minimum atomic E-state index is -0.510. The lowest BCUT2D eigenvalue weighted by atomic mass is 10.1. The lowest BCUT2D eigenvalue weighted by molar-refractivity contribution is -0.144. The van der Waals surface area contributed by atoms with E-state index in [9.17, 15) is 0 Å². The van der Waals surface area contributed by atoms with Gasteiger partial charge in [0.05, 0.1) is 18.9 Å². The highest BCUT2D eigenvalue weighted by atomic mass is 16.7. The van der Waals surface area contributed by atoms with Crippen LogP contribution in [0.4, 0.5) is 5.82 Å². The van der Waals surface area contributed by atoms with Gasteiger partial charge in [0.1, 0.15) is 12.1 Å². The predicted octanol–water partition coefficient (Wildman–Crippen LogP) is 2.36. The summed E-state index contributed by atoms with van der Waals surface area (Å²) < 4.78 is 13.0. The maximum atomic E-state index is 5.63. The molecule has 1 aliphatic heterocycles. The molecule has 0 aliphatic carbocycles. The van der Waals surface area contributed by atoms with Gasteiger partial charge in [-0.3, -0.25) is 0 Å². The summed E-state index contributed by atoms with van der Waals surface area (Å²) in [6.07, 6.45) is 2.25. The first kappa shape index (κ1) is 15.0. The molecule has 1 saturated heterocycles. The zero-order valence-corrected chi connectivity index (χ0v) is 13.5. The molecule has 4 rings (SSSR count). The van der Waals surface area contributed by atoms with E-state index in [1.807, 2.05) is 43.3 Å². The minimum Gasteiger partial charge on any atom is -0.370 e. The van der Waals surface area contributed by atoms with E-state index in [1.165, 1.54) is 6.33 Å². The summed E-state index contributed by atoms with van der Waals surface area (Å²) in [5.41, 5.74) is 1.90. The van der Waals surface area contributed by atoms with Crippen LogP contribution in [0.25, 0.3) is 17.0 Å². The monoisotopic (exact) mass is 325 g/mol. The Kier molecular flexibility index (Phi) is 3.87. The summed E-state index contributed by atoms with van der Waals surface area (Å²) in [6, 6.07) is 12.0. The van der Waals surface area contributed by atoms with Gasteiger partial charge < -0.3 is 14.8 Å². The van der Waals surface area contributed by atoms with E-state index in [4.69, 9.17) is 9.47 Å². The maximum Gasteiger partial charge on any atom is 0.254 e. The van der Waals surface area contributed by atoms with Crippen molar-refractivity contribution in [2.45, 2.75) is 19.1 Å². The van der Waals surface area contributed by atoms with Crippen LogP contribution in [0.15, 0.2) is 42.7 Å². The van der Waals surface area contributed by atoms with Crippen molar-refractivity contribution in [1.82, 2.24) is 19.6 Å². The molecule has 0 amide bonds. The molecule has 0 radical (unpaired) electrons. The molecule has 0 bridgehead atoms. The van der Waals surface area contributed by atoms with Gasteiger partial charge in [0.25, 0.3) is 5.78 Å². The van der Waals surface area contributed by atoms with E-state index in [0.717, 1.165) is 23.5 Å². The van der Waals surface area contributed by atoms with Crippen LogP contribution in [0.5, 0.6) is 0 Å². The average molecular weight is 325 g/mol. The molecule has 24 heavy (non-hydrogen) atoms. The molecule has 0 spiro atoms. The number of rotatable bonds is 5. The minimum absolute atomic E-state index is 0.510. The van der Waals surface area contributed by atoms with Crippen LogP contribution in [-0.2, 0) is 9.47 Å². The van der Waals surface area contributed by atoms with Crippen molar-refractivity contribution in [3.05, 3.63) is 42.7 Å². The fraction of sp³-hybridized carbons (Fsp3) is 0.353. The predicted molar refractivity (Wildman–Crippen MR) is 89.6 cm³/mol. The van der Waals surface area contributed by atoms with E-state index in [1.54, 1.807) is 4.52 Å². The van der Waals surface area contributed by atoms with Gasteiger partial charge in [-0.2, -0.15) is 14.6 Å². The first-order valence-electron chi connectivity index (χ1n) is 8.02. The Labute approximate surface area is 139 Å². The number of hydrogen-bond donors (Lipinski definition) is 1. The van der Waals surface area contributed by atoms with Crippen molar-refractivity contribution in [1.29, 1.82) is 0 Å². The van der Waals surface area contributed by atoms with Crippen molar-refractivity contribution < 1.29 is 9.47 Å². The maximum absolute atomic E-state index is 5.63. The van der Waals surface area contributed by atoms with E-state index >= 15 is 0 Å². The number of hydrogen-bond acceptors (Lipinski definition) is 6. The van der Waals surface area contributed by atoms with E-state index in [2.05, 4.69) is 20.4 Å². The molecule has 1 fully saturated rings. The molecule has 0 atom stereocenters. The third kappa shape index (κ3) is 2.95. The number of anilines is 1. The summed E-state index contributed by atoms with van der Waals surface area (Å²) in [7, 11) is 0. The molecular formula is C17H19N5O2. The number of nitrogens with one attached hydrogen (secondary N) is 1. The highest BCUT2D eigenvalue weighted by molar-refractivity contribution is 5.65. The van der Waals surface area contributed by atoms with Crippen LogP contribution in [-0.4, -0.2) is 45.1 Å². The second-order valence-corrected chi connectivity index (χ2v) is 5.87. The summed E-state index contributed by atoms with van der Waals surface area (Å²) in [6.45, 7) is 3.97. The van der Waals surface area contributed by atoms with Crippen molar-refractivity contribution >= 4 is 11.6 Å². The summed E-state index contributed by atoms with van der Waals surface area (Å²) in [5.74, 6) is 0.903. The van der Waals surface area contributed by atoms with E-state index in [0.29, 0.717) is 25.5 Å². The molecule has 1 aromatic carbocycles. The lowest BCUT2D eigenvalue weighted by Crippen LogP contribution is -2.28. The fourth-order valence-electron chi connectivity index (χ4n) is 2.81. The highest BCUT2D eigenvalue weighted by Gasteiger charge is 2.30. The molecular weight excluding hydrogens is 306 g/mol. The fourth-order valence-corrected chi connectivity index (χ4v) is 2.81. The molecule has 7 nitrogen and oxygen atoms in total. The standard InChI is InChI=1S/C17H19N5O2/c1-17(23-9-10-24-17)7-8-18-15-11-14(13-5-3-2-4-6-13)21-16-19-12-20-22(15)16/h2-6,11-12,18H,7-10H2,1H3. The van der Waals surface area contributed by atoms with Crippen molar-refractivity contribution in [3.63, 3.8) is 0 Å². The first-order chi connectivity index (χ1) is 11.7. The van der Waals surface area contributed by atoms with Gasteiger partial charge in [-0.05, 0) is 6.92 Å². The van der Waals surface area contributed by atoms with E-state index < -0.39 is 5.79 Å². The summed E-state index contributed by atoms with van der Waals surface area (Å²) in [5, 5.41) is 7.64. The van der Waals surface area contributed by atoms with Crippen LogP contribution >= 0.6 is 0 Å². The number of aromatic nitrogens is 4. The Morgan fingerprint density at radius 1 is 1.21 bits per heavy atom. The lowest BCUT2D eigenvalue weighted by Gasteiger charge is -2.22. The van der Waals surface area contributed by atoms with Gasteiger partial charge in [0.2, 0.25) is 0 Å². The molecule has 3 heterocycles. The van der Waals surface area contributed by atoms with Crippen molar-refractivity contribution in [2.24, 2.45) is 0 Å². The number of ether oxygens (including phenoxy) is 2.